The minimum atomic E-state index is 0.631. The van der Waals surface area contributed by atoms with E-state index < -0.39 is 0 Å². The molecule has 52 valence electrons. The van der Waals surface area contributed by atoms with E-state index >= 15 is 0 Å². The third-order valence-corrected chi connectivity index (χ3v) is 1.97. The van der Waals surface area contributed by atoms with Crippen molar-refractivity contribution in [2.45, 2.75) is 13.8 Å². The van der Waals surface area contributed by atoms with Crippen LogP contribution >= 0.6 is 0 Å². The highest BCUT2D eigenvalue weighted by molar-refractivity contribution is 5.02. The number of hydrogen-bond acceptors (Lipinski definition) is 2. The number of allylic oxidation sites excluding steroid dienone is 1. The van der Waals surface area contributed by atoms with Crippen LogP contribution in [0.5, 0.6) is 0 Å². The quantitative estimate of drug-likeness (QED) is 0.500. The first-order chi connectivity index (χ1) is 4.20. The highest BCUT2D eigenvalue weighted by Gasteiger charge is 2.14. The maximum atomic E-state index is 5.54. The molecule has 0 saturated heterocycles. The van der Waals surface area contributed by atoms with E-state index in [1.54, 1.807) is 0 Å². The van der Waals surface area contributed by atoms with Crippen LogP contribution in [0.15, 0.2) is 11.9 Å². The van der Waals surface area contributed by atoms with Gasteiger partial charge >= 0.3 is 0 Å². The zero-order chi connectivity index (χ0) is 6.85. The smallest absolute Gasteiger partial charge is 0.0921 e. The summed E-state index contributed by atoms with van der Waals surface area (Å²) >= 11 is 0. The molecule has 0 amide bonds. The topological polar surface area (TPSA) is 38.0 Å². The lowest BCUT2D eigenvalue weighted by molar-refractivity contribution is 0.413. The highest BCUT2D eigenvalue weighted by atomic mass is 15.0. The van der Waals surface area contributed by atoms with E-state index in [1.165, 1.54) is 0 Å². The molecular weight excluding hydrogens is 112 g/mol. The van der Waals surface area contributed by atoms with Crippen molar-refractivity contribution >= 4 is 0 Å². The third kappa shape index (κ3) is 1.37. The van der Waals surface area contributed by atoms with Gasteiger partial charge in [0.1, 0.15) is 0 Å². The highest BCUT2D eigenvalue weighted by Crippen LogP contribution is 2.15. The molecule has 0 spiro atoms. The van der Waals surface area contributed by atoms with E-state index in [2.05, 4.69) is 25.2 Å². The number of nitrogens with one attached hydrogen (secondary N) is 1. The lowest BCUT2D eigenvalue weighted by Crippen LogP contribution is -2.33. The molecule has 0 aromatic heterocycles. The number of hydrogen-bond donors (Lipinski definition) is 2. The summed E-state index contributed by atoms with van der Waals surface area (Å²) in [5.41, 5.74) is 5.54. The monoisotopic (exact) mass is 126 g/mol. The van der Waals surface area contributed by atoms with E-state index in [4.69, 9.17) is 5.73 Å². The van der Waals surface area contributed by atoms with Crippen molar-refractivity contribution in [3.8, 4) is 0 Å². The molecule has 9 heavy (non-hydrogen) atoms. The molecule has 0 aliphatic carbocycles. The minimum Gasteiger partial charge on any atom is -0.386 e. The van der Waals surface area contributed by atoms with Gasteiger partial charge in [0, 0.05) is 6.54 Å². The van der Waals surface area contributed by atoms with E-state index in [0.717, 1.165) is 18.3 Å². The number of rotatable bonds is 0. The molecule has 1 heterocycles. The maximum Gasteiger partial charge on any atom is 0.0921 e. The zero-order valence-electron chi connectivity index (χ0n) is 6.02. The van der Waals surface area contributed by atoms with Gasteiger partial charge in [-0.05, 0) is 17.9 Å². The third-order valence-electron chi connectivity index (χ3n) is 1.97. The second kappa shape index (κ2) is 2.29. The predicted molar refractivity (Wildman–Crippen MR) is 38.6 cm³/mol. The fourth-order valence-electron chi connectivity index (χ4n) is 0.971. The van der Waals surface area contributed by atoms with Gasteiger partial charge < -0.3 is 11.1 Å². The van der Waals surface area contributed by atoms with Crippen LogP contribution in [0.2, 0.25) is 0 Å². The first-order valence-electron chi connectivity index (χ1n) is 3.41. The fourth-order valence-corrected chi connectivity index (χ4v) is 0.971. The van der Waals surface area contributed by atoms with Gasteiger partial charge in [0.15, 0.2) is 0 Å². The Hall–Kier alpha value is -0.660. The van der Waals surface area contributed by atoms with Crippen LogP contribution < -0.4 is 11.1 Å². The lowest BCUT2D eigenvalue weighted by Gasteiger charge is -2.23. The van der Waals surface area contributed by atoms with Crippen LogP contribution in [0.3, 0.4) is 0 Å². The molecule has 2 atom stereocenters. The van der Waals surface area contributed by atoms with Crippen LogP contribution in [0.25, 0.3) is 0 Å². The summed E-state index contributed by atoms with van der Waals surface area (Å²) in [6.45, 7) is 5.43. The molecule has 2 unspecified atom stereocenters. The SMILES string of the molecule is CC1C=C(N)NCC1C. The van der Waals surface area contributed by atoms with Gasteiger partial charge in [0.2, 0.25) is 0 Å². The van der Waals surface area contributed by atoms with Gasteiger partial charge in [-0.1, -0.05) is 13.8 Å². The molecule has 0 aromatic rings. The van der Waals surface area contributed by atoms with E-state index in [9.17, 15) is 0 Å². The summed E-state index contributed by atoms with van der Waals surface area (Å²) in [6.07, 6.45) is 2.08. The van der Waals surface area contributed by atoms with Crippen molar-refractivity contribution in [1.29, 1.82) is 0 Å². The Bertz CT molecular complexity index is 129. The normalized spacial score (nSPS) is 35.1. The lowest BCUT2D eigenvalue weighted by atomic mass is 9.93. The first-order valence-corrected chi connectivity index (χ1v) is 3.41. The summed E-state index contributed by atoms with van der Waals surface area (Å²) < 4.78 is 0. The molecule has 0 fully saturated rings. The van der Waals surface area contributed by atoms with E-state index in [0.29, 0.717) is 5.92 Å². The van der Waals surface area contributed by atoms with Crippen molar-refractivity contribution in [2.24, 2.45) is 17.6 Å². The van der Waals surface area contributed by atoms with Crippen LogP contribution in [-0.2, 0) is 0 Å². The van der Waals surface area contributed by atoms with Crippen molar-refractivity contribution in [3.63, 3.8) is 0 Å². The molecule has 1 aliphatic rings. The van der Waals surface area contributed by atoms with Crippen LogP contribution in [0, 0.1) is 11.8 Å². The second-order valence-corrected chi connectivity index (χ2v) is 2.84. The van der Waals surface area contributed by atoms with Gasteiger partial charge in [-0.25, -0.2) is 0 Å². The Labute approximate surface area is 56.1 Å². The maximum absolute atomic E-state index is 5.54. The molecule has 2 nitrogen and oxygen atoms in total. The molecule has 0 radical (unpaired) electrons. The largest absolute Gasteiger partial charge is 0.386 e. The molecule has 1 aliphatic heterocycles. The van der Waals surface area contributed by atoms with Gasteiger partial charge in [0.05, 0.1) is 5.82 Å². The molecular formula is C7H14N2. The van der Waals surface area contributed by atoms with Gasteiger partial charge in [0.25, 0.3) is 0 Å². The Morgan fingerprint density at radius 2 is 2.33 bits per heavy atom. The zero-order valence-corrected chi connectivity index (χ0v) is 6.02. The Kier molecular flexibility index (Phi) is 1.65. The second-order valence-electron chi connectivity index (χ2n) is 2.84. The summed E-state index contributed by atoms with van der Waals surface area (Å²) in [5, 5.41) is 3.10. The summed E-state index contributed by atoms with van der Waals surface area (Å²) in [5.74, 6) is 2.18. The van der Waals surface area contributed by atoms with E-state index in [-0.39, 0.29) is 0 Å². The summed E-state index contributed by atoms with van der Waals surface area (Å²) in [6, 6.07) is 0. The summed E-state index contributed by atoms with van der Waals surface area (Å²) in [4.78, 5) is 0. The molecule has 0 bridgehead atoms. The standard InChI is InChI=1S/C7H14N2/c1-5-3-7(8)9-4-6(5)2/h3,5-6,9H,4,8H2,1-2H3. The van der Waals surface area contributed by atoms with Crippen molar-refractivity contribution < 1.29 is 0 Å². The predicted octanol–water partition coefficient (Wildman–Crippen LogP) is 0.662. The van der Waals surface area contributed by atoms with E-state index in [1.807, 2.05) is 0 Å². The summed E-state index contributed by atoms with van der Waals surface area (Å²) in [7, 11) is 0. The number of nitrogens with two attached hydrogens (primary N) is 1. The van der Waals surface area contributed by atoms with Gasteiger partial charge in [-0.15, -0.1) is 0 Å². The average molecular weight is 126 g/mol. The average Bonchev–Trinajstić information content (AvgIpc) is 1.80. The fraction of sp³-hybridized carbons (Fsp3) is 0.714. The van der Waals surface area contributed by atoms with Crippen LogP contribution in [0.1, 0.15) is 13.8 Å². The van der Waals surface area contributed by atoms with Gasteiger partial charge in [-0.2, -0.15) is 0 Å². The van der Waals surface area contributed by atoms with Crippen LogP contribution in [0.4, 0.5) is 0 Å². The molecule has 0 saturated carbocycles. The molecule has 0 aromatic carbocycles. The molecule has 2 heteroatoms. The Balaban J connectivity index is 2.58. The van der Waals surface area contributed by atoms with Crippen molar-refractivity contribution in [3.05, 3.63) is 11.9 Å². The Morgan fingerprint density at radius 3 is 2.78 bits per heavy atom. The van der Waals surface area contributed by atoms with Crippen LogP contribution in [-0.4, -0.2) is 6.54 Å². The molecule has 3 N–H and O–H groups in total. The van der Waals surface area contributed by atoms with Crippen molar-refractivity contribution in [1.82, 2.24) is 5.32 Å². The van der Waals surface area contributed by atoms with Crippen molar-refractivity contribution in [2.75, 3.05) is 6.54 Å². The first kappa shape index (κ1) is 6.46. The molecule has 1 rings (SSSR count). The Morgan fingerprint density at radius 1 is 1.67 bits per heavy atom. The minimum absolute atomic E-state index is 0.631. The van der Waals surface area contributed by atoms with Gasteiger partial charge in [-0.3, -0.25) is 0 Å².